The van der Waals surface area contributed by atoms with Gasteiger partial charge in [-0.3, -0.25) is 4.90 Å². The van der Waals surface area contributed by atoms with Crippen molar-refractivity contribution in [3.8, 4) is 11.1 Å². The van der Waals surface area contributed by atoms with Crippen LogP contribution in [0.4, 0.5) is 29.5 Å². The van der Waals surface area contributed by atoms with Crippen LogP contribution in [0.3, 0.4) is 0 Å². The highest BCUT2D eigenvalue weighted by Crippen LogP contribution is 2.30. The maximum absolute atomic E-state index is 13.1. The van der Waals surface area contributed by atoms with Crippen LogP contribution < -0.4 is 10.2 Å². The van der Waals surface area contributed by atoms with E-state index in [1.807, 2.05) is 36.4 Å². The number of hydrogen-bond acceptors (Lipinski definition) is 4. The lowest BCUT2D eigenvalue weighted by Gasteiger charge is -2.22. The highest BCUT2D eigenvalue weighted by atomic mass is 19.4. The first-order valence-corrected chi connectivity index (χ1v) is 11.8. The van der Waals surface area contributed by atoms with E-state index in [9.17, 15) is 22.8 Å². The van der Waals surface area contributed by atoms with Crippen LogP contribution in [0, 0.1) is 0 Å². The largest absolute Gasteiger partial charge is 0.462 e. The minimum Gasteiger partial charge on any atom is -0.462 e. The number of aromatic nitrogens is 1. The molecule has 0 fully saturated rings. The van der Waals surface area contributed by atoms with Crippen LogP contribution in [0.15, 0.2) is 97.2 Å². The van der Waals surface area contributed by atoms with Crippen molar-refractivity contribution >= 4 is 23.5 Å². The van der Waals surface area contributed by atoms with E-state index in [4.69, 9.17) is 4.74 Å². The van der Waals surface area contributed by atoms with Crippen molar-refractivity contribution in [2.45, 2.75) is 19.6 Å². The molecule has 0 aliphatic heterocycles. The highest BCUT2D eigenvalue weighted by molar-refractivity contribution is 6.01. The summed E-state index contributed by atoms with van der Waals surface area (Å²) in [6.45, 7) is 2.23. The van der Waals surface area contributed by atoms with Crippen molar-refractivity contribution in [3.05, 3.63) is 114 Å². The third-order valence-electron chi connectivity index (χ3n) is 5.66. The Labute approximate surface area is 217 Å². The quantitative estimate of drug-likeness (QED) is 0.263. The number of carbonyl (C=O) groups is 2. The molecule has 4 rings (SSSR count). The number of hydrogen-bond donors (Lipinski definition) is 1. The van der Waals surface area contributed by atoms with Crippen molar-refractivity contribution < 1.29 is 27.5 Å². The molecule has 2 amide bonds. The summed E-state index contributed by atoms with van der Waals surface area (Å²) in [4.78, 5) is 30.7. The highest BCUT2D eigenvalue weighted by Gasteiger charge is 2.30. The van der Waals surface area contributed by atoms with Gasteiger partial charge in [-0.25, -0.2) is 14.6 Å². The fourth-order valence-electron chi connectivity index (χ4n) is 3.70. The third kappa shape index (κ3) is 6.56. The molecule has 9 heteroatoms. The number of halogens is 3. The van der Waals surface area contributed by atoms with Crippen molar-refractivity contribution in [2.24, 2.45) is 0 Å². The first-order valence-electron chi connectivity index (χ1n) is 11.8. The Bertz CT molecular complexity index is 1370. The number of nitrogens with zero attached hydrogens (tertiary/aromatic N) is 2. The van der Waals surface area contributed by atoms with E-state index in [0.717, 1.165) is 28.8 Å². The molecule has 0 bridgehead atoms. The molecule has 6 nitrogen and oxygen atoms in total. The first-order chi connectivity index (χ1) is 18.2. The summed E-state index contributed by atoms with van der Waals surface area (Å²) in [5.41, 5.74) is 2.54. The van der Waals surface area contributed by atoms with Crippen LogP contribution in [-0.2, 0) is 17.5 Å². The normalized spacial score (nSPS) is 11.1. The van der Waals surface area contributed by atoms with E-state index < -0.39 is 17.8 Å². The van der Waals surface area contributed by atoms with Crippen LogP contribution in [0.2, 0.25) is 0 Å². The molecular formula is C29H24F3N3O3. The number of ether oxygens (including phenoxy) is 1. The van der Waals surface area contributed by atoms with Crippen LogP contribution in [0.1, 0.15) is 28.4 Å². The van der Waals surface area contributed by atoms with Crippen molar-refractivity contribution in [1.29, 1.82) is 0 Å². The fraction of sp³-hybridized carbons (Fsp3) is 0.138. The molecule has 0 saturated carbocycles. The summed E-state index contributed by atoms with van der Waals surface area (Å²) in [5, 5.41) is 2.64. The number of benzene rings is 3. The smallest absolute Gasteiger partial charge is 0.416 e. The van der Waals surface area contributed by atoms with Gasteiger partial charge in [0.25, 0.3) is 0 Å². The van der Waals surface area contributed by atoms with Gasteiger partial charge in [-0.2, -0.15) is 13.2 Å². The summed E-state index contributed by atoms with van der Waals surface area (Å²) in [6.07, 6.45) is -2.91. The zero-order valence-electron chi connectivity index (χ0n) is 20.4. The van der Waals surface area contributed by atoms with Crippen LogP contribution in [0.25, 0.3) is 11.1 Å². The lowest BCUT2D eigenvalue weighted by molar-refractivity contribution is -0.137. The van der Waals surface area contributed by atoms with Crippen molar-refractivity contribution in [1.82, 2.24) is 4.98 Å². The molecule has 0 aliphatic rings. The molecule has 1 aromatic heterocycles. The lowest BCUT2D eigenvalue weighted by Crippen LogP contribution is -2.35. The number of rotatable bonds is 7. The Hall–Kier alpha value is -4.66. The first kappa shape index (κ1) is 26.4. The Morgan fingerprint density at radius 2 is 1.50 bits per heavy atom. The van der Waals surface area contributed by atoms with E-state index >= 15 is 0 Å². The standard InChI is InChI=1S/C29H24F3N3O3/c1-2-38-27(36)23-12-10-22(11-13-23)21-8-6-20(7-9-21)19-35(26-5-3-4-18-33-26)28(37)34-25-16-14-24(15-17-25)29(30,31)32/h3-18H,2,19H2,1H3,(H,34,37). The van der Waals surface area contributed by atoms with E-state index in [0.29, 0.717) is 18.0 Å². The van der Waals surface area contributed by atoms with Gasteiger partial charge in [-0.05, 0) is 72.1 Å². The summed E-state index contributed by atoms with van der Waals surface area (Å²) >= 11 is 0. The maximum atomic E-state index is 13.1. The Morgan fingerprint density at radius 3 is 2.05 bits per heavy atom. The molecule has 1 heterocycles. The number of pyridine rings is 1. The van der Waals surface area contributed by atoms with Crippen LogP contribution in [0.5, 0.6) is 0 Å². The predicted octanol–water partition coefficient (Wildman–Crippen LogP) is 7.18. The Balaban J connectivity index is 1.50. The van der Waals surface area contributed by atoms with Gasteiger partial charge in [0, 0.05) is 11.9 Å². The fourth-order valence-corrected chi connectivity index (χ4v) is 3.70. The van der Waals surface area contributed by atoms with Crippen molar-refractivity contribution in [2.75, 3.05) is 16.8 Å². The molecule has 1 N–H and O–H groups in total. The summed E-state index contributed by atoms with van der Waals surface area (Å²) < 4.78 is 43.6. The van der Waals surface area contributed by atoms with E-state index in [1.165, 1.54) is 17.0 Å². The van der Waals surface area contributed by atoms with E-state index in [-0.39, 0.29) is 18.2 Å². The molecule has 0 unspecified atom stereocenters. The molecule has 0 atom stereocenters. The molecule has 4 aromatic rings. The van der Waals surface area contributed by atoms with E-state index in [2.05, 4.69) is 10.3 Å². The van der Waals surface area contributed by atoms with Gasteiger partial charge < -0.3 is 10.1 Å². The molecule has 3 aromatic carbocycles. The van der Waals surface area contributed by atoms with Crippen molar-refractivity contribution in [3.63, 3.8) is 0 Å². The van der Waals surface area contributed by atoms with Gasteiger partial charge in [-0.1, -0.05) is 42.5 Å². The number of carbonyl (C=O) groups excluding carboxylic acids is 2. The molecule has 0 radical (unpaired) electrons. The van der Waals surface area contributed by atoms with Gasteiger partial charge in [0.1, 0.15) is 5.82 Å². The topological polar surface area (TPSA) is 71.5 Å². The molecule has 0 aliphatic carbocycles. The van der Waals surface area contributed by atoms with Gasteiger partial charge >= 0.3 is 18.2 Å². The minimum atomic E-state index is -4.46. The average Bonchev–Trinajstić information content (AvgIpc) is 2.92. The second kappa shape index (κ2) is 11.6. The number of urea groups is 1. The second-order valence-corrected chi connectivity index (χ2v) is 8.27. The third-order valence-corrected chi connectivity index (χ3v) is 5.66. The summed E-state index contributed by atoms with van der Waals surface area (Å²) in [7, 11) is 0. The predicted molar refractivity (Wildman–Crippen MR) is 139 cm³/mol. The minimum absolute atomic E-state index is 0.172. The summed E-state index contributed by atoms with van der Waals surface area (Å²) in [5.74, 6) is 0.00845. The van der Waals surface area contributed by atoms with Gasteiger partial charge in [0.15, 0.2) is 0 Å². The number of alkyl halides is 3. The maximum Gasteiger partial charge on any atom is 0.416 e. The van der Waals surface area contributed by atoms with Gasteiger partial charge in [0.05, 0.1) is 24.3 Å². The van der Waals surface area contributed by atoms with E-state index in [1.54, 1.807) is 43.5 Å². The molecular weight excluding hydrogens is 495 g/mol. The second-order valence-electron chi connectivity index (χ2n) is 8.27. The number of esters is 1. The molecule has 0 saturated heterocycles. The van der Waals surface area contributed by atoms with Crippen LogP contribution >= 0.6 is 0 Å². The lowest BCUT2D eigenvalue weighted by atomic mass is 10.0. The Kier molecular flexibility index (Phi) is 8.06. The molecule has 38 heavy (non-hydrogen) atoms. The Morgan fingerprint density at radius 1 is 0.868 bits per heavy atom. The van der Waals surface area contributed by atoms with Crippen LogP contribution in [-0.4, -0.2) is 23.6 Å². The molecule has 194 valence electrons. The number of nitrogens with one attached hydrogen (secondary N) is 1. The number of anilines is 2. The SMILES string of the molecule is CCOC(=O)c1ccc(-c2ccc(CN(C(=O)Nc3ccc(C(F)(F)F)cc3)c3ccccn3)cc2)cc1. The average molecular weight is 520 g/mol. The zero-order valence-corrected chi connectivity index (χ0v) is 20.4. The zero-order chi connectivity index (χ0) is 27.1. The molecule has 0 spiro atoms. The number of amides is 2. The van der Waals surface area contributed by atoms with Gasteiger partial charge in [-0.15, -0.1) is 0 Å². The monoisotopic (exact) mass is 519 g/mol. The summed E-state index contributed by atoms with van der Waals surface area (Å²) in [6, 6.07) is 23.5. The van der Waals surface area contributed by atoms with Gasteiger partial charge in [0.2, 0.25) is 0 Å².